The van der Waals surface area contributed by atoms with Crippen molar-refractivity contribution in [3.63, 3.8) is 0 Å². The van der Waals surface area contributed by atoms with Crippen LogP contribution in [0.25, 0.3) is 0 Å². The zero-order chi connectivity index (χ0) is 27.0. The standard InChI is InChI=1S/C29H32F2N4O2/c1-19(2)21-6-8-22(9-7-21)29(37,27(3)16-35(5)17-27)23-12-20(14-32-15-23)10-11-28(4,36)25-13-24(26(30)31)33-18-34-25/h6-9,12-15,18-19,26,36-37H,16-17H2,1-5H3. The van der Waals surface area contributed by atoms with Gasteiger partial charge in [-0.05, 0) is 43.1 Å². The predicted octanol–water partition coefficient (Wildman–Crippen LogP) is 4.38. The van der Waals surface area contributed by atoms with E-state index in [1.807, 2.05) is 31.3 Å². The summed E-state index contributed by atoms with van der Waals surface area (Å²) >= 11 is 0. The largest absolute Gasteiger partial charge is 0.380 e. The van der Waals surface area contributed by atoms with Crippen molar-refractivity contribution >= 4 is 0 Å². The minimum Gasteiger partial charge on any atom is -0.380 e. The number of hydrogen-bond donors (Lipinski definition) is 2. The number of pyridine rings is 1. The van der Waals surface area contributed by atoms with Gasteiger partial charge in [0.1, 0.15) is 17.6 Å². The maximum Gasteiger partial charge on any atom is 0.280 e. The Bertz CT molecular complexity index is 1330. The number of rotatable bonds is 6. The molecule has 0 amide bonds. The first-order valence-corrected chi connectivity index (χ1v) is 12.2. The second-order valence-corrected chi connectivity index (χ2v) is 10.6. The van der Waals surface area contributed by atoms with Gasteiger partial charge in [-0.2, -0.15) is 0 Å². The summed E-state index contributed by atoms with van der Waals surface area (Å²) in [6.45, 7) is 9.08. The molecule has 4 rings (SSSR count). The normalized spacial score (nSPS) is 18.5. The van der Waals surface area contributed by atoms with Crippen LogP contribution in [0.2, 0.25) is 0 Å². The Labute approximate surface area is 216 Å². The molecule has 194 valence electrons. The van der Waals surface area contributed by atoms with Crippen molar-refractivity contribution < 1.29 is 19.0 Å². The van der Waals surface area contributed by atoms with Gasteiger partial charge in [0, 0.05) is 42.0 Å². The Morgan fingerprint density at radius 2 is 1.70 bits per heavy atom. The molecular weight excluding hydrogens is 474 g/mol. The van der Waals surface area contributed by atoms with Crippen molar-refractivity contribution in [3.05, 3.63) is 88.8 Å². The highest BCUT2D eigenvalue weighted by atomic mass is 19.3. The van der Waals surface area contributed by atoms with Crippen LogP contribution >= 0.6 is 0 Å². The first-order valence-electron chi connectivity index (χ1n) is 12.2. The molecule has 6 nitrogen and oxygen atoms in total. The van der Waals surface area contributed by atoms with Crippen molar-refractivity contribution in [2.75, 3.05) is 20.1 Å². The van der Waals surface area contributed by atoms with E-state index >= 15 is 0 Å². The van der Waals surface area contributed by atoms with Crippen LogP contribution in [0.4, 0.5) is 8.78 Å². The predicted molar refractivity (Wildman–Crippen MR) is 137 cm³/mol. The van der Waals surface area contributed by atoms with Crippen molar-refractivity contribution in [1.82, 2.24) is 19.9 Å². The van der Waals surface area contributed by atoms with Gasteiger partial charge in [0.25, 0.3) is 6.43 Å². The molecule has 1 aliphatic heterocycles. The Morgan fingerprint density at radius 3 is 2.30 bits per heavy atom. The zero-order valence-corrected chi connectivity index (χ0v) is 21.7. The fraction of sp³-hybridized carbons (Fsp3) is 0.414. The van der Waals surface area contributed by atoms with Crippen molar-refractivity contribution in [3.8, 4) is 11.8 Å². The van der Waals surface area contributed by atoms with Gasteiger partial charge in [-0.15, -0.1) is 0 Å². The van der Waals surface area contributed by atoms with Gasteiger partial charge in [-0.1, -0.05) is 56.9 Å². The Kier molecular flexibility index (Phi) is 7.17. The molecule has 2 atom stereocenters. The van der Waals surface area contributed by atoms with E-state index in [0.29, 0.717) is 30.1 Å². The molecule has 1 aromatic carbocycles. The van der Waals surface area contributed by atoms with E-state index in [-0.39, 0.29) is 5.69 Å². The summed E-state index contributed by atoms with van der Waals surface area (Å²) in [4.78, 5) is 13.9. The highest BCUT2D eigenvalue weighted by Crippen LogP contribution is 2.50. The van der Waals surface area contributed by atoms with E-state index in [4.69, 9.17) is 0 Å². The fourth-order valence-electron chi connectivity index (χ4n) is 5.07. The molecule has 1 aliphatic rings. The Morgan fingerprint density at radius 1 is 1.03 bits per heavy atom. The molecule has 0 bridgehead atoms. The van der Waals surface area contributed by atoms with Crippen LogP contribution in [0.15, 0.2) is 55.1 Å². The number of likely N-dealkylation sites (tertiary alicyclic amines) is 1. The number of nitrogens with zero attached hydrogens (tertiary/aromatic N) is 4. The van der Waals surface area contributed by atoms with Crippen LogP contribution in [0.5, 0.6) is 0 Å². The average Bonchev–Trinajstić information content (AvgIpc) is 2.86. The quantitative estimate of drug-likeness (QED) is 0.483. The summed E-state index contributed by atoms with van der Waals surface area (Å²) in [6.07, 6.45) is 1.37. The van der Waals surface area contributed by atoms with Crippen molar-refractivity contribution in [1.29, 1.82) is 0 Å². The third-order valence-corrected chi connectivity index (χ3v) is 7.12. The summed E-state index contributed by atoms with van der Waals surface area (Å²) in [7, 11) is 2.01. The summed E-state index contributed by atoms with van der Waals surface area (Å²) in [5.74, 6) is 5.96. The van der Waals surface area contributed by atoms with Crippen LogP contribution < -0.4 is 0 Å². The summed E-state index contributed by atoms with van der Waals surface area (Å²) in [5, 5.41) is 23.2. The van der Waals surface area contributed by atoms with Crippen molar-refractivity contribution in [2.24, 2.45) is 5.41 Å². The highest BCUT2D eigenvalue weighted by Gasteiger charge is 2.55. The van der Waals surface area contributed by atoms with Gasteiger partial charge in [-0.3, -0.25) is 4.98 Å². The van der Waals surface area contributed by atoms with E-state index < -0.39 is 28.7 Å². The van der Waals surface area contributed by atoms with Crippen LogP contribution in [-0.2, 0) is 11.2 Å². The lowest BCUT2D eigenvalue weighted by molar-refractivity contribution is -0.127. The molecule has 0 spiro atoms. The molecule has 8 heteroatoms. The average molecular weight is 507 g/mol. The maximum absolute atomic E-state index is 13.1. The maximum atomic E-state index is 13.1. The van der Waals surface area contributed by atoms with Gasteiger partial charge < -0.3 is 15.1 Å². The number of aromatic nitrogens is 3. The Balaban J connectivity index is 1.73. The summed E-state index contributed by atoms with van der Waals surface area (Å²) in [5.41, 5.74) is -1.09. The first-order chi connectivity index (χ1) is 17.4. The van der Waals surface area contributed by atoms with Crippen molar-refractivity contribution in [2.45, 2.75) is 51.2 Å². The van der Waals surface area contributed by atoms with Crippen LogP contribution in [0.1, 0.15) is 73.7 Å². The number of benzene rings is 1. The van der Waals surface area contributed by atoms with Crippen LogP contribution in [0.3, 0.4) is 0 Å². The summed E-state index contributed by atoms with van der Waals surface area (Å²) in [6, 6.07) is 10.8. The lowest BCUT2D eigenvalue weighted by Crippen LogP contribution is -2.63. The zero-order valence-electron chi connectivity index (χ0n) is 21.7. The second-order valence-electron chi connectivity index (χ2n) is 10.6. The van der Waals surface area contributed by atoms with E-state index in [1.165, 1.54) is 18.7 Å². The van der Waals surface area contributed by atoms with Gasteiger partial charge in [0.15, 0.2) is 5.60 Å². The molecule has 3 heterocycles. The molecule has 2 aromatic heterocycles. The van der Waals surface area contributed by atoms with Gasteiger partial charge in [0.2, 0.25) is 0 Å². The van der Waals surface area contributed by atoms with Gasteiger partial charge in [0.05, 0.1) is 5.69 Å². The molecular formula is C29H32F2N4O2. The Hall–Kier alpha value is -3.25. The molecule has 2 unspecified atom stereocenters. The number of alkyl halides is 2. The van der Waals surface area contributed by atoms with E-state index in [0.717, 1.165) is 18.0 Å². The molecule has 0 radical (unpaired) electrons. The van der Waals surface area contributed by atoms with Gasteiger partial charge in [-0.25, -0.2) is 18.7 Å². The molecule has 1 fully saturated rings. The first kappa shape index (κ1) is 26.8. The molecule has 1 saturated heterocycles. The fourth-order valence-corrected chi connectivity index (χ4v) is 5.07. The van der Waals surface area contributed by atoms with E-state index in [9.17, 15) is 19.0 Å². The molecule has 2 N–H and O–H groups in total. The minimum absolute atomic E-state index is 0.0267. The molecule has 37 heavy (non-hydrogen) atoms. The third-order valence-electron chi connectivity index (χ3n) is 7.12. The molecule has 3 aromatic rings. The SMILES string of the molecule is CC(C)c1ccc(C(O)(c2cncc(C#CC(C)(O)c3cc(C(F)F)ncn3)c2)C2(C)CN(C)C2)cc1. The second kappa shape index (κ2) is 9.90. The lowest BCUT2D eigenvalue weighted by Gasteiger charge is -2.55. The lowest BCUT2D eigenvalue weighted by atomic mass is 9.62. The monoisotopic (exact) mass is 506 g/mol. The molecule has 0 aliphatic carbocycles. The van der Waals surface area contributed by atoms with Crippen LogP contribution in [-0.4, -0.2) is 50.2 Å². The smallest absolute Gasteiger partial charge is 0.280 e. The van der Waals surface area contributed by atoms with E-state index in [1.54, 1.807) is 12.3 Å². The minimum atomic E-state index is -2.79. The topological polar surface area (TPSA) is 82.4 Å². The highest BCUT2D eigenvalue weighted by molar-refractivity contribution is 5.45. The third kappa shape index (κ3) is 5.12. The summed E-state index contributed by atoms with van der Waals surface area (Å²) < 4.78 is 26.1. The molecule has 0 saturated carbocycles. The number of halogens is 2. The van der Waals surface area contributed by atoms with E-state index in [2.05, 4.69) is 52.5 Å². The van der Waals surface area contributed by atoms with Crippen LogP contribution in [0, 0.1) is 17.3 Å². The number of aliphatic hydroxyl groups is 2. The number of hydrogen-bond acceptors (Lipinski definition) is 6. The van der Waals surface area contributed by atoms with Gasteiger partial charge >= 0.3 is 0 Å².